The van der Waals surface area contributed by atoms with Gasteiger partial charge in [-0.05, 0) is 13.3 Å². The minimum absolute atomic E-state index is 0.0918. The number of hydrogen-bond acceptors (Lipinski definition) is 5. The Bertz CT molecular complexity index is 542. The number of rotatable bonds is 8. The van der Waals surface area contributed by atoms with Crippen LogP contribution < -0.4 is 5.32 Å². The summed E-state index contributed by atoms with van der Waals surface area (Å²) in [7, 11) is -3.51. The van der Waals surface area contributed by atoms with Gasteiger partial charge in [0.05, 0.1) is 11.9 Å². The number of carbonyl (C=O) groups excluding carboxylic acids is 1. The van der Waals surface area contributed by atoms with Gasteiger partial charge in [0.15, 0.2) is 9.84 Å². The minimum Gasteiger partial charge on any atom is -0.479 e. The lowest BCUT2D eigenvalue weighted by Crippen LogP contribution is -2.76. The normalized spacial score (nSPS) is 27.0. The number of ether oxygens (including phenoxy) is 1. The van der Waals surface area contributed by atoms with Gasteiger partial charge in [0, 0.05) is 18.4 Å². The van der Waals surface area contributed by atoms with Crippen LogP contribution in [0.2, 0.25) is 0 Å². The first kappa shape index (κ1) is 18.9. The van der Waals surface area contributed by atoms with Gasteiger partial charge in [-0.2, -0.15) is 0 Å². The summed E-state index contributed by atoms with van der Waals surface area (Å²) in [5.74, 6) is -2.73. The van der Waals surface area contributed by atoms with Crippen LogP contribution in [0.1, 0.15) is 40.5 Å². The first-order chi connectivity index (χ1) is 10.0. The van der Waals surface area contributed by atoms with E-state index in [1.54, 1.807) is 20.8 Å². The fourth-order valence-corrected chi connectivity index (χ4v) is 4.13. The maximum Gasteiger partial charge on any atom is 0.330 e. The van der Waals surface area contributed by atoms with Crippen LogP contribution in [0.25, 0.3) is 0 Å². The Morgan fingerprint density at radius 2 is 1.91 bits per heavy atom. The highest BCUT2D eigenvalue weighted by atomic mass is 32.2. The van der Waals surface area contributed by atoms with Crippen LogP contribution in [-0.2, 0) is 24.2 Å². The first-order valence-corrected chi connectivity index (χ1v) is 9.21. The predicted molar refractivity (Wildman–Crippen MR) is 81.3 cm³/mol. The molecule has 1 saturated carbocycles. The molecule has 0 radical (unpaired) electrons. The number of hydrogen-bond donors (Lipinski definition) is 2. The van der Waals surface area contributed by atoms with E-state index >= 15 is 0 Å². The second-order valence-corrected chi connectivity index (χ2v) is 8.40. The summed E-state index contributed by atoms with van der Waals surface area (Å²) in [5, 5.41) is 12.0. The van der Waals surface area contributed by atoms with Crippen molar-refractivity contribution in [3.63, 3.8) is 0 Å². The highest BCUT2D eigenvalue weighted by molar-refractivity contribution is 7.92. The topological polar surface area (TPSA) is 110 Å². The van der Waals surface area contributed by atoms with Crippen molar-refractivity contribution in [3.05, 3.63) is 0 Å². The maximum absolute atomic E-state index is 12.0. The van der Waals surface area contributed by atoms with E-state index in [2.05, 4.69) is 5.32 Å². The third-order valence-corrected chi connectivity index (χ3v) is 6.08. The molecule has 0 aromatic rings. The lowest BCUT2D eigenvalue weighted by molar-refractivity contribution is -0.194. The van der Waals surface area contributed by atoms with Crippen molar-refractivity contribution in [1.29, 1.82) is 0 Å². The summed E-state index contributed by atoms with van der Waals surface area (Å²) in [6.45, 7) is 7.36. The number of carbonyl (C=O) groups is 2. The van der Waals surface area contributed by atoms with E-state index in [0.29, 0.717) is 13.0 Å². The molecule has 7 nitrogen and oxygen atoms in total. The van der Waals surface area contributed by atoms with Gasteiger partial charge in [0.2, 0.25) is 5.91 Å². The molecule has 0 heterocycles. The first-order valence-electron chi connectivity index (χ1n) is 7.39. The summed E-state index contributed by atoms with van der Waals surface area (Å²) in [6.07, 6.45) is 0.251. The van der Waals surface area contributed by atoms with Crippen molar-refractivity contribution in [3.8, 4) is 0 Å². The van der Waals surface area contributed by atoms with Crippen molar-refractivity contribution < 1.29 is 27.9 Å². The van der Waals surface area contributed by atoms with Crippen molar-refractivity contribution in [2.45, 2.75) is 52.2 Å². The Morgan fingerprint density at radius 1 is 1.32 bits per heavy atom. The number of nitrogens with one attached hydrogen (secondary N) is 1. The zero-order valence-electron chi connectivity index (χ0n) is 13.5. The number of sulfone groups is 1. The molecule has 22 heavy (non-hydrogen) atoms. The van der Waals surface area contributed by atoms with Gasteiger partial charge in [0.1, 0.15) is 11.3 Å². The van der Waals surface area contributed by atoms with Crippen molar-refractivity contribution in [1.82, 2.24) is 5.32 Å². The van der Waals surface area contributed by atoms with Gasteiger partial charge < -0.3 is 15.2 Å². The average Bonchev–Trinajstić information content (AvgIpc) is 2.35. The Balaban J connectivity index is 2.88. The number of carboxylic acid groups (broad SMARTS) is 1. The lowest BCUT2D eigenvalue weighted by Gasteiger charge is -2.58. The standard InChI is InChI=1S/C14H25NO6S/c1-5-7-22(19,20)9-11(16)15-14(12(17)18)8-10(21-6-2)13(14,3)4/h10H,5-9H2,1-4H3,(H,15,16)(H,17,18). The van der Waals surface area contributed by atoms with E-state index < -0.39 is 38.4 Å². The second kappa shape index (κ2) is 6.54. The van der Waals surface area contributed by atoms with Gasteiger partial charge in [-0.25, -0.2) is 13.2 Å². The SMILES string of the molecule is CCCS(=O)(=O)CC(=O)NC1(C(=O)O)CC(OCC)C1(C)C. The molecule has 2 atom stereocenters. The van der Waals surface area contributed by atoms with Gasteiger partial charge in [-0.3, -0.25) is 4.79 Å². The molecule has 0 bridgehead atoms. The molecule has 1 fully saturated rings. The largest absolute Gasteiger partial charge is 0.479 e. The van der Waals surface area contributed by atoms with Crippen molar-refractivity contribution >= 4 is 21.7 Å². The summed E-state index contributed by atoms with van der Waals surface area (Å²) in [4.78, 5) is 23.7. The summed E-state index contributed by atoms with van der Waals surface area (Å²) in [6, 6.07) is 0. The van der Waals surface area contributed by atoms with Crippen LogP contribution in [0.4, 0.5) is 0 Å². The van der Waals surface area contributed by atoms with E-state index in [-0.39, 0.29) is 18.3 Å². The molecule has 0 aliphatic heterocycles. The number of amides is 1. The average molecular weight is 335 g/mol. The monoisotopic (exact) mass is 335 g/mol. The molecule has 2 unspecified atom stereocenters. The van der Waals surface area contributed by atoms with Gasteiger partial charge >= 0.3 is 5.97 Å². The van der Waals surface area contributed by atoms with E-state index in [0.717, 1.165) is 0 Å². The van der Waals surface area contributed by atoms with Crippen LogP contribution in [0.5, 0.6) is 0 Å². The fraction of sp³-hybridized carbons (Fsp3) is 0.857. The summed E-state index contributed by atoms with van der Waals surface area (Å²) < 4.78 is 28.9. The van der Waals surface area contributed by atoms with E-state index in [1.807, 2.05) is 6.92 Å². The van der Waals surface area contributed by atoms with Crippen LogP contribution in [0.15, 0.2) is 0 Å². The molecule has 1 rings (SSSR count). The Hall–Kier alpha value is -1.15. The van der Waals surface area contributed by atoms with E-state index in [1.165, 1.54) is 0 Å². The molecular formula is C14H25NO6S. The van der Waals surface area contributed by atoms with E-state index in [4.69, 9.17) is 4.74 Å². The van der Waals surface area contributed by atoms with Crippen LogP contribution >= 0.6 is 0 Å². The highest BCUT2D eigenvalue weighted by Crippen LogP contribution is 2.51. The zero-order chi connectivity index (χ0) is 17.2. The molecule has 1 aliphatic carbocycles. The minimum atomic E-state index is -3.51. The third-order valence-electron chi connectivity index (χ3n) is 4.35. The van der Waals surface area contributed by atoms with E-state index in [9.17, 15) is 23.1 Å². The summed E-state index contributed by atoms with van der Waals surface area (Å²) in [5.41, 5.74) is -2.31. The van der Waals surface area contributed by atoms with Gasteiger partial charge in [0.25, 0.3) is 0 Å². The van der Waals surface area contributed by atoms with Crippen LogP contribution in [-0.4, -0.2) is 55.2 Å². The van der Waals surface area contributed by atoms with Crippen LogP contribution in [0, 0.1) is 5.41 Å². The Kier molecular flexibility index (Phi) is 5.61. The number of aliphatic carboxylic acids is 1. The molecule has 0 saturated heterocycles. The lowest BCUT2D eigenvalue weighted by atomic mass is 9.54. The van der Waals surface area contributed by atoms with Crippen molar-refractivity contribution in [2.24, 2.45) is 5.41 Å². The van der Waals surface area contributed by atoms with Gasteiger partial charge in [-0.1, -0.05) is 20.8 Å². The number of carboxylic acids is 1. The van der Waals surface area contributed by atoms with Crippen molar-refractivity contribution in [2.75, 3.05) is 18.1 Å². The quantitative estimate of drug-likeness (QED) is 0.672. The molecule has 1 aliphatic rings. The predicted octanol–water partition coefficient (Wildman–Crippen LogP) is 0.586. The molecule has 1 amide bonds. The third kappa shape index (κ3) is 3.43. The molecule has 0 spiro atoms. The van der Waals surface area contributed by atoms with Gasteiger partial charge in [-0.15, -0.1) is 0 Å². The maximum atomic E-state index is 12.0. The summed E-state index contributed by atoms with van der Waals surface area (Å²) >= 11 is 0. The fourth-order valence-electron chi connectivity index (χ4n) is 2.89. The Morgan fingerprint density at radius 3 is 2.32 bits per heavy atom. The molecular weight excluding hydrogens is 310 g/mol. The Labute approximate surface area is 131 Å². The highest BCUT2D eigenvalue weighted by Gasteiger charge is 2.66. The second-order valence-electron chi connectivity index (χ2n) is 6.22. The van der Waals surface area contributed by atoms with Crippen LogP contribution in [0.3, 0.4) is 0 Å². The zero-order valence-corrected chi connectivity index (χ0v) is 14.3. The molecule has 0 aromatic heterocycles. The molecule has 0 aromatic carbocycles. The molecule has 128 valence electrons. The molecule has 2 N–H and O–H groups in total. The molecule has 8 heteroatoms. The smallest absolute Gasteiger partial charge is 0.330 e.